The number of aldehydes is 1. The van der Waals surface area contributed by atoms with Gasteiger partial charge in [0.15, 0.2) is 0 Å². The minimum Gasteiger partial charge on any atom is -0.495 e. The molecule has 1 aromatic carbocycles. The summed E-state index contributed by atoms with van der Waals surface area (Å²) in [5, 5.41) is 3.14. The number of aromatic nitrogens is 1. The summed E-state index contributed by atoms with van der Waals surface area (Å²) in [6.45, 7) is 3.54. The largest absolute Gasteiger partial charge is 0.495 e. The maximum Gasteiger partial charge on any atom is 0.433 e. The Morgan fingerprint density at radius 1 is 1.29 bits per heavy atom. The summed E-state index contributed by atoms with van der Waals surface area (Å²) >= 11 is 0. The molecule has 1 unspecified atom stereocenters. The monoisotopic (exact) mass is 338 g/mol. The van der Waals surface area contributed by atoms with Crippen LogP contribution < -0.4 is 10.1 Å². The van der Waals surface area contributed by atoms with E-state index in [1.165, 1.54) is 7.11 Å². The molecule has 0 radical (unpaired) electrons. The molecule has 0 aliphatic rings. The Bertz CT molecular complexity index is 745. The molecule has 0 fully saturated rings. The molecule has 0 aliphatic heterocycles. The lowest BCUT2D eigenvalue weighted by Crippen LogP contribution is -2.13. The number of benzene rings is 1. The third kappa shape index (κ3) is 3.84. The number of aryl methyl sites for hydroxylation is 1. The van der Waals surface area contributed by atoms with E-state index < -0.39 is 17.9 Å². The van der Waals surface area contributed by atoms with Crippen LogP contribution >= 0.6 is 0 Å². The highest BCUT2D eigenvalue weighted by molar-refractivity contribution is 5.76. The first kappa shape index (κ1) is 17.8. The smallest absolute Gasteiger partial charge is 0.433 e. The van der Waals surface area contributed by atoms with Gasteiger partial charge in [-0.05, 0) is 43.7 Å². The van der Waals surface area contributed by atoms with Crippen LogP contribution in [0.3, 0.4) is 0 Å². The minimum atomic E-state index is -4.53. The molecule has 24 heavy (non-hydrogen) atoms. The molecule has 1 N–H and O–H groups in total. The Morgan fingerprint density at radius 2 is 2.00 bits per heavy atom. The quantitative estimate of drug-likeness (QED) is 0.821. The molecular weight excluding hydrogens is 321 g/mol. The summed E-state index contributed by atoms with van der Waals surface area (Å²) in [4.78, 5) is 14.2. The summed E-state index contributed by atoms with van der Waals surface area (Å²) in [6.07, 6.45) is -2.72. The average molecular weight is 338 g/mol. The Kier molecular flexibility index (Phi) is 5.11. The number of ether oxygens (including phenoxy) is 1. The molecular formula is C17H17F3N2O2. The predicted octanol–water partition coefficient (Wildman–Crippen LogP) is 4.40. The Morgan fingerprint density at radius 3 is 2.54 bits per heavy atom. The van der Waals surface area contributed by atoms with E-state index in [2.05, 4.69) is 10.3 Å². The zero-order valence-electron chi connectivity index (χ0n) is 13.4. The van der Waals surface area contributed by atoms with Gasteiger partial charge in [-0.1, -0.05) is 0 Å². The van der Waals surface area contributed by atoms with Gasteiger partial charge in [0, 0.05) is 16.8 Å². The number of hydrogen-bond donors (Lipinski definition) is 1. The van der Waals surface area contributed by atoms with Gasteiger partial charge in [-0.25, -0.2) is 4.98 Å². The van der Waals surface area contributed by atoms with Gasteiger partial charge in [-0.3, -0.25) is 4.79 Å². The molecule has 1 aromatic heterocycles. The molecule has 0 saturated heterocycles. The molecule has 1 heterocycles. The van der Waals surface area contributed by atoms with Crippen LogP contribution in [0.15, 0.2) is 30.5 Å². The van der Waals surface area contributed by atoms with Crippen LogP contribution in [0.1, 0.15) is 40.1 Å². The summed E-state index contributed by atoms with van der Waals surface area (Å²) in [5.41, 5.74) is 1.45. The third-order valence-corrected chi connectivity index (χ3v) is 3.63. The van der Waals surface area contributed by atoms with E-state index in [1.54, 1.807) is 25.1 Å². The fourth-order valence-corrected chi connectivity index (χ4v) is 2.36. The molecule has 0 saturated carbocycles. The third-order valence-electron chi connectivity index (χ3n) is 3.63. The van der Waals surface area contributed by atoms with Crippen molar-refractivity contribution in [3.8, 4) is 5.75 Å². The molecule has 0 spiro atoms. The molecule has 0 aliphatic carbocycles. The second-order valence-electron chi connectivity index (χ2n) is 5.37. The van der Waals surface area contributed by atoms with Crippen molar-refractivity contribution in [1.29, 1.82) is 0 Å². The van der Waals surface area contributed by atoms with Gasteiger partial charge < -0.3 is 10.1 Å². The normalized spacial score (nSPS) is 12.6. The number of alkyl halides is 3. The summed E-state index contributed by atoms with van der Waals surface area (Å²) < 4.78 is 43.8. The average Bonchev–Trinajstić information content (AvgIpc) is 2.55. The fraction of sp³-hybridized carbons (Fsp3) is 0.294. The topological polar surface area (TPSA) is 51.2 Å². The highest BCUT2D eigenvalue weighted by Crippen LogP contribution is 2.34. The van der Waals surface area contributed by atoms with E-state index in [-0.39, 0.29) is 5.75 Å². The number of carbonyl (C=O) groups is 1. The molecule has 7 heteroatoms. The lowest BCUT2D eigenvalue weighted by atomic mass is 10.1. The highest BCUT2D eigenvalue weighted by atomic mass is 19.4. The number of hydrogen-bond acceptors (Lipinski definition) is 4. The van der Waals surface area contributed by atoms with Gasteiger partial charge in [0.05, 0.1) is 19.3 Å². The van der Waals surface area contributed by atoms with Crippen LogP contribution in [0, 0.1) is 6.92 Å². The van der Waals surface area contributed by atoms with Crippen LogP contribution in [-0.2, 0) is 6.18 Å². The van der Waals surface area contributed by atoms with E-state index in [4.69, 9.17) is 4.74 Å². The second kappa shape index (κ2) is 6.90. The maximum atomic E-state index is 12.9. The summed E-state index contributed by atoms with van der Waals surface area (Å²) in [5.74, 6) is 0.269. The van der Waals surface area contributed by atoms with Crippen molar-refractivity contribution < 1.29 is 22.7 Å². The lowest BCUT2D eigenvalue weighted by Gasteiger charge is -2.20. The van der Waals surface area contributed by atoms with E-state index in [9.17, 15) is 18.0 Å². The van der Waals surface area contributed by atoms with E-state index in [0.29, 0.717) is 11.1 Å². The van der Waals surface area contributed by atoms with Crippen molar-refractivity contribution in [3.63, 3.8) is 0 Å². The first-order chi connectivity index (χ1) is 11.3. The number of halogens is 3. The number of anilines is 1. The van der Waals surface area contributed by atoms with Crippen molar-refractivity contribution in [3.05, 3.63) is 52.8 Å². The summed E-state index contributed by atoms with van der Waals surface area (Å²) in [6, 6.07) is 5.58. The van der Waals surface area contributed by atoms with E-state index in [0.717, 1.165) is 29.8 Å². The minimum absolute atomic E-state index is 0.269. The number of carbonyl (C=O) groups excluding carboxylic acids is 1. The number of rotatable bonds is 5. The number of nitrogens with zero attached hydrogens (tertiary/aromatic N) is 1. The van der Waals surface area contributed by atoms with Crippen LogP contribution in [0.2, 0.25) is 0 Å². The van der Waals surface area contributed by atoms with Gasteiger partial charge in [0.25, 0.3) is 0 Å². The van der Waals surface area contributed by atoms with Crippen LogP contribution in [0.25, 0.3) is 0 Å². The van der Waals surface area contributed by atoms with Gasteiger partial charge >= 0.3 is 6.18 Å². The molecule has 1 atom stereocenters. The lowest BCUT2D eigenvalue weighted by molar-refractivity contribution is -0.141. The molecule has 0 bridgehead atoms. The molecule has 2 aromatic rings. The molecule has 4 nitrogen and oxygen atoms in total. The second-order valence-corrected chi connectivity index (χ2v) is 5.37. The van der Waals surface area contributed by atoms with E-state index >= 15 is 0 Å². The number of methoxy groups -OCH3 is 1. The molecule has 2 rings (SSSR count). The molecule has 0 amide bonds. The van der Waals surface area contributed by atoms with Crippen LogP contribution in [0.4, 0.5) is 18.9 Å². The predicted molar refractivity (Wildman–Crippen MR) is 84.4 cm³/mol. The zero-order valence-corrected chi connectivity index (χ0v) is 13.4. The van der Waals surface area contributed by atoms with Crippen LogP contribution in [0.5, 0.6) is 5.75 Å². The van der Waals surface area contributed by atoms with E-state index in [1.807, 2.05) is 6.92 Å². The van der Waals surface area contributed by atoms with Gasteiger partial charge in [0.2, 0.25) is 0 Å². The first-order valence-electron chi connectivity index (χ1n) is 7.19. The van der Waals surface area contributed by atoms with Gasteiger partial charge in [-0.2, -0.15) is 13.2 Å². The zero-order chi connectivity index (χ0) is 17.9. The SMILES string of the molecule is COc1cnc(C(F)(F)F)cc1C(C)Nc1ccc(C=O)cc1C. The summed E-state index contributed by atoms with van der Waals surface area (Å²) in [7, 11) is 1.38. The maximum absolute atomic E-state index is 12.9. The van der Waals surface area contributed by atoms with Crippen molar-refractivity contribution in [2.24, 2.45) is 0 Å². The van der Waals surface area contributed by atoms with Gasteiger partial charge in [0.1, 0.15) is 17.7 Å². The molecule has 128 valence electrons. The standard InChI is InChI=1S/C17H17F3N2O2/c1-10-6-12(9-23)4-5-14(10)22-11(2)13-7-16(17(18,19)20)21-8-15(13)24-3/h4-9,11,22H,1-3H3. The van der Waals surface area contributed by atoms with Crippen LogP contribution in [-0.4, -0.2) is 18.4 Å². The number of pyridine rings is 1. The van der Waals surface area contributed by atoms with Crippen molar-refractivity contribution in [1.82, 2.24) is 4.98 Å². The van der Waals surface area contributed by atoms with Crippen molar-refractivity contribution in [2.75, 3.05) is 12.4 Å². The Balaban J connectivity index is 2.35. The fourth-order valence-electron chi connectivity index (χ4n) is 2.36. The van der Waals surface area contributed by atoms with Gasteiger partial charge in [-0.15, -0.1) is 0 Å². The highest BCUT2D eigenvalue weighted by Gasteiger charge is 2.33. The van der Waals surface area contributed by atoms with Crippen molar-refractivity contribution in [2.45, 2.75) is 26.1 Å². The first-order valence-corrected chi connectivity index (χ1v) is 7.19. The Hall–Kier alpha value is -2.57. The number of nitrogens with one attached hydrogen (secondary N) is 1. The Labute approximate surface area is 137 Å². The van der Waals surface area contributed by atoms with Crippen molar-refractivity contribution >= 4 is 12.0 Å².